The highest BCUT2D eigenvalue weighted by atomic mass is 16.5. The minimum Gasteiger partial charge on any atom is -0.492 e. The lowest BCUT2D eigenvalue weighted by molar-refractivity contribution is 0.152. The third kappa shape index (κ3) is 2.40. The minimum atomic E-state index is 0.0400. The molecule has 0 fully saturated rings. The lowest BCUT2D eigenvalue weighted by atomic mass is 9.95. The van der Waals surface area contributed by atoms with Gasteiger partial charge in [0.25, 0.3) is 0 Å². The van der Waals surface area contributed by atoms with Crippen LogP contribution in [-0.4, -0.2) is 18.3 Å². The summed E-state index contributed by atoms with van der Waals surface area (Å²) in [6.45, 7) is 2.46. The topological polar surface area (TPSA) is 29.5 Å². The summed E-state index contributed by atoms with van der Waals surface area (Å²) < 4.78 is 5.57. The SMILES string of the molecule is CC=c1ccc2c(c1C1=CC(OCCO)=CC1)C=c1ccccc1=2. The highest BCUT2D eigenvalue weighted by molar-refractivity contribution is 5.80. The fourth-order valence-corrected chi connectivity index (χ4v) is 3.58. The Balaban J connectivity index is 1.91. The summed E-state index contributed by atoms with van der Waals surface area (Å²) in [6, 6.07) is 13.0. The first kappa shape index (κ1) is 15.0. The molecule has 2 aliphatic carbocycles. The predicted molar refractivity (Wildman–Crippen MR) is 97.2 cm³/mol. The minimum absolute atomic E-state index is 0.0400. The zero-order valence-corrected chi connectivity index (χ0v) is 13.8. The standard InChI is InChI=1S/C22H20O2/c1-2-15-8-10-20-19-6-4-3-5-16(19)14-21(20)22(15)17-7-9-18(13-17)24-12-11-23/h2-6,8-10,13-14,23H,7,11-12H2,1H3. The maximum Gasteiger partial charge on any atom is 0.116 e. The Morgan fingerprint density at radius 3 is 2.79 bits per heavy atom. The van der Waals surface area contributed by atoms with Crippen LogP contribution in [0.2, 0.25) is 0 Å². The molecule has 0 amide bonds. The average Bonchev–Trinajstić information content (AvgIpc) is 3.23. The molecular formula is C22H20O2. The molecule has 0 spiro atoms. The van der Waals surface area contributed by atoms with Crippen molar-refractivity contribution in [3.8, 4) is 0 Å². The number of aliphatic hydroxyl groups excluding tert-OH is 1. The van der Waals surface area contributed by atoms with Gasteiger partial charge in [-0.2, -0.15) is 0 Å². The first-order valence-corrected chi connectivity index (χ1v) is 8.37. The van der Waals surface area contributed by atoms with Gasteiger partial charge in [0.15, 0.2) is 0 Å². The number of aliphatic hydroxyl groups is 1. The van der Waals surface area contributed by atoms with Crippen molar-refractivity contribution < 1.29 is 9.84 Å². The second-order valence-corrected chi connectivity index (χ2v) is 6.06. The first-order chi connectivity index (χ1) is 11.8. The Kier molecular flexibility index (Phi) is 3.83. The third-order valence-electron chi connectivity index (χ3n) is 4.66. The molecule has 2 aromatic carbocycles. The van der Waals surface area contributed by atoms with Gasteiger partial charge in [-0.3, -0.25) is 0 Å². The number of allylic oxidation sites excluding steroid dienone is 3. The van der Waals surface area contributed by atoms with Crippen LogP contribution in [0.3, 0.4) is 0 Å². The van der Waals surface area contributed by atoms with Crippen LogP contribution in [0.15, 0.2) is 54.3 Å². The summed E-state index contributed by atoms with van der Waals surface area (Å²) in [5, 5.41) is 14.1. The summed E-state index contributed by atoms with van der Waals surface area (Å²) in [5.41, 5.74) is 3.87. The normalized spacial score (nSPS) is 15.5. The quantitative estimate of drug-likeness (QED) is 0.802. The predicted octanol–water partition coefficient (Wildman–Crippen LogP) is 2.60. The first-order valence-electron chi connectivity index (χ1n) is 8.37. The Hall–Kier alpha value is -2.58. The number of fused-ring (bicyclic) bond motifs is 2. The highest BCUT2D eigenvalue weighted by Gasteiger charge is 2.16. The van der Waals surface area contributed by atoms with Crippen molar-refractivity contribution in [2.24, 2.45) is 0 Å². The summed E-state index contributed by atoms with van der Waals surface area (Å²) in [6.07, 6.45) is 9.52. The lowest BCUT2D eigenvalue weighted by Crippen LogP contribution is -2.10. The summed E-state index contributed by atoms with van der Waals surface area (Å²) >= 11 is 0. The van der Waals surface area contributed by atoms with E-state index in [1.807, 2.05) is 0 Å². The van der Waals surface area contributed by atoms with Crippen molar-refractivity contribution >= 4 is 17.7 Å². The van der Waals surface area contributed by atoms with E-state index in [0.29, 0.717) is 6.61 Å². The molecule has 0 aliphatic heterocycles. The van der Waals surface area contributed by atoms with E-state index in [9.17, 15) is 0 Å². The number of rotatable bonds is 4. The molecular weight excluding hydrogens is 296 g/mol. The van der Waals surface area contributed by atoms with E-state index in [1.165, 1.54) is 37.6 Å². The monoisotopic (exact) mass is 316 g/mol. The molecule has 2 nitrogen and oxygen atoms in total. The van der Waals surface area contributed by atoms with Gasteiger partial charge in [-0.25, -0.2) is 0 Å². The second kappa shape index (κ2) is 6.14. The largest absolute Gasteiger partial charge is 0.492 e. The van der Waals surface area contributed by atoms with Gasteiger partial charge in [-0.15, -0.1) is 0 Å². The van der Waals surface area contributed by atoms with Gasteiger partial charge in [0.2, 0.25) is 0 Å². The number of ether oxygens (including phenoxy) is 1. The molecule has 0 unspecified atom stereocenters. The molecule has 2 heteroatoms. The Bertz CT molecular complexity index is 1070. The van der Waals surface area contributed by atoms with Crippen LogP contribution in [0, 0.1) is 10.4 Å². The maximum absolute atomic E-state index is 8.94. The van der Waals surface area contributed by atoms with Crippen LogP contribution in [0.5, 0.6) is 0 Å². The summed E-state index contributed by atoms with van der Waals surface area (Å²) in [5.74, 6) is 0.856. The molecule has 2 aromatic rings. The van der Waals surface area contributed by atoms with Crippen molar-refractivity contribution in [2.45, 2.75) is 13.3 Å². The second-order valence-electron chi connectivity index (χ2n) is 6.06. The summed E-state index contributed by atoms with van der Waals surface area (Å²) in [7, 11) is 0. The lowest BCUT2D eigenvalue weighted by Gasteiger charge is -2.09. The smallest absolute Gasteiger partial charge is 0.116 e. The number of hydrogen-bond donors (Lipinski definition) is 1. The highest BCUT2D eigenvalue weighted by Crippen LogP contribution is 2.29. The molecule has 4 rings (SSSR count). The van der Waals surface area contributed by atoms with Crippen molar-refractivity contribution in [2.75, 3.05) is 13.2 Å². The van der Waals surface area contributed by atoms with Crippen LogP contribution < -0.4 is 10.4 Å². The van der Waals surface area contributed by atoms with Crippen LogP contribution in [0.1, 0.15) is 24.5 Å². The molecule has 0 bridgehead atoms. The van der Waals surface area contributed by atoms with Crippen molar-refractivity contribution in [3.63, 3.8) is 0 Å². The van der Waals surface area contributed by atoms with Crippen molar-refractivity contribution in [3.05, 3.63) is 86.3 Å². The van der Waals surface area contributed by atoms with Crippen LogP contribution in [-0.2, 0) is 4.74 Å². The molecule has 0 radical (unpaired) electrons. The van der Waals surface area contributed by atoms with E-state index in [1.54, 1.807) is 0 Å². The van der Waals surface area contributed by atoms with Crippen LogP contribution >= 0.6 is 0 Å². The van der Waals surface area contributed by atoms with Gasteiger partial charge in [0.05, 0.1) is 6.61 Å². The molecule has 0 aromatic heterocycles. The van der Waals surface area contributed by atoms with E-state index in [0.717, 1.165) is 12.2 Å². The van der Waals surface area contributed by atoms with Crippen molar-refractivity contribution in [1.29, 1.82) is 0 Å². The zero-order chi connectivity index (χ0) is 16.5. The molecule has 0 atom stereocenters. The van der Waals surface area contributed by atoms with E-state index in [2.05, 4.69) is 67.6 Å². The molecule has 2 aliphatic rings. The molecule has 120 valence electrons. The van der Waals surface area contributed by atoms with E-state index in [-0.39, 0.29) is 6.61 Å². The Morgan fingerprint density at radius 1 is 1.08 bits per heavy atom. The Labute approximate surface area is 141 Å². The molecule has 1 N–H and O–H groups in total. The number of hydrogen-bond acceptors (Lipinski definition) is 2. The molecule has 0 saturated heterocycles. The maximum atomic E-state index is 8.94. The Morgan fingerprint density at radius 2 is 1.96 bits per heavy atom. The van der Waals surface area contributed by atoms with E-state index >= 15 is 0 Å². The zero-order valence-electron chi connectivity index (χ0n) is 13.8. The average molecular weight is 316 g/mol. The number of benzene rings is 2. The molecule has 0 saturated carbocycles. The van der Waals surface area contributed by atoms with Crippen LogP contribution in [0.4, 0.5) is 0 Å². The molecule has 24 heavy (non-hydrogen) atoms. The van der Waals surface area contributed by atoms with Gasteiger partial charge < -0.3 is 9.84 Å². The van der Waals surface area contributed by atoms with E-state index in [4.69, 9.17) is 9.84 Å². The third-order valence-corrected chi connectivity index (χ3v) is 4.66. The van der Waals surface area contributed by atoms with Gasteiger partial charge >= 0.3 is 0 Å². The fraction of sp³-hybridized carbons (Fsp3) is 0.182. The van der Waals surface area contributed by atoms with Gasteiger partial charge in [0.1, 0.15) is 12.4 Å². The fourth-order valence-electron chi connectivity index (χ4n) is 3.58. The summed E-state index contributed by atoms with van der Waals surface area (Å²) in [4.78, 5) is 0. The van der Waals surface area contributed by atoms with Crippen molar-refractivity contribution in [1.82, 2.24) is 0 Å². The van der Waals surface area contributed by atoms with Gasteiger partial charge in [-0.1, -0.05) is 42.5 Å². The van der Waals surface area contributed by atoms with Crippen LogP contribution in [0.25, 0.3) is 17.7 Å². The van der Waals surface area contributed by atoms with Gasteiger partial charge in [0, 0.05) is 0 Å². The van der Waals surface area contributed by atoms with Gasteiger partial charge in [-0.05, 0) is 69.1 Å². The van der Waals surface area contributed by atoms with E-state index < -0.39 is 0 Å². The molecule has 0 heterocycles.